The number of aromatic hydroxyl groups is 1. The smallest absolute Gasteiger partial charge is 0.150 e. The Morgan fingerprint density at radius 2 is 1.47 bits per heavy atom. The van der Waals surface area contributed by atoms with Gasteiger partial charge in [0.15, 0.2) is 0 Å². The molecule has 0 spiro atoms. The summed E-state index contributed by atoms with van der Waals surface area (Å²) in [7, 11) is 0. The molecule has 2 rings (SSSR count). The average molecular weight is 254 g/mol. The van der Waals surface area contributed by atoms with Gasteiger partial charge in [0.05, 0.1) is 11.4 Å². The summed E-state index contributed by atoms with van der Waals surface area (Å²) in [5.41, 5.74) is 3.51. The topological polar surface area (TPSA) is 62.0 Å². The standard InChI is InChI=1S/C15H14N2O2/c1-10-7-14(8-11(2)15(10)19)17-16-13-5-3-12(9-18)4-6-13/h3-9,19H,1-2H3. The van der Waals surface area contributed by atoms with Crippen LogP contribution in [0.15, 0.2) is 46.6 Å². The van der Waals surface area contributed by atoms with Gasteiger partial charge in [-0.05, 0) is 61.4 Å². The molecule has 2 aromatic rings. The Bertz CT molecular complexity index is 608. The van der Waals surface area contributed by atoms with E-state index in [4.69, 9.17) is 0 Å². The second kappa shape index (κ2) is 5.44. The fourth-order valence-corrected chi connectivity index (χ4v) is 1.73. The van der Waals surface area contributed by atoms with Crippen molar-refractivity contribution in [1.82, 2.24) is 0 Å². The number of carbonyl (C=O) groups excluding carboxylic acids is 1. The summed E-state index contributed by atoms with van der Waals surface area (Å²) in [4.78, 5) is 10.5. The number of hydrogen-bond acceptors (Lipinski definition) is 4. The van der Waals surface area contributed by atoms with Crippen LogP contribution in [0, 0.1) is 13.8 Å². The molecule has 1 N–H and O–H groups in total. The minimum atomic E-state index is 0.286. The zero-order valence-corrected chi connectivity index (χ0v) is 10.8. The first-order valence-corrected chi connectivity index (χ1v) is 5.87. The normalized spacial score (nSPS) is 10.8. The molecule has 0 radical (unpaired) electrons. The predicted octanol–water partition coefficient (Wildman–Crippen LogP) is 4.24. The van der Waals surface area contributed by atoms with Crippen molar-refractivity contribution in [2.45, 2.75) is 13.8 Å². The highest BCUT2D eigenvalue weighted by atomic mass is 16.3. The largest absolute Gasteiger partial charge is 0.507 e. The van der Waals surface area contributed by atoms with Crippen molar-refractivity contribution in [3.63, 3.8) is 0 Å². The maximum Gasteiger partial charge on any atom is 0.150 e. The van der Waals surface area contributed by atoms with Gasteiger partial charge in [0, 0.05) is 5.56 Å². The molecule has 0 saturated carbocycles. The highest BCUT2D eigenvalue weighted by Crippen LogP contribution is 2.28. The van der Waals surface area contributed by atoms with Crippen LogP contribution < -0.4 is 0 Å². The number of carbonyl (C=O) groups is 1. The van der Waals surface area contributed by atoms with Gasteiger partial charge in [0.1, 0.15) is 12.0 Å². The number of aldehydes is 1. The monoisotopic (exact) mass is 254 g/mol. The molecule has 96 valence electrons. The molecule has 0 aliphatic rings. The minimum absolute atomic E-state index is 0.286. The van der Waals surface area contributed by atoms with E-state index < -0.39 is 0 Å². The molecule has 4 heteroatoms. The molecule has 0 unspecified atom stereocenters. The lowest BCUT2D eigenvalue weighted by Crippen LogP contribution is -1.79. The van der Waals surface area contributed by atoms with Crippen molar-refractivity contribution in [2.75, 3.05) is 0 Å². The number of hydrogen-bond donors (Lipinski definition) is 1. The third kappa shape index (κ3) is 3.04. The summed E-state index contributed by atoms with van der Waals surface area (Å²) in [6.45, 7) is 3.64. The Balaban J connectivity index is 2.24. The van der Waals surface area contributed by atoms with Gasteiger partial charge >= 0.3 is 0 Å². The molecule has 2 aromatic carbocycles. The number of aryl methyl sites for hydroxylation is 2. The zero-order chi connectivity index (χ0) is 13.8. The molecule has 0 heterocycles. The Kier molecular flexibility index (Phi) is 3.71. The van der Waals surface area contributed by atoms with Gasteiger partial charge in [-0.1, -0.05) is 0 Å². The summed E-state index contributed by atoms with van der Waals surface area (Å²) in [5, 5.41) is 17.9. The summed E-state index contributed by atoms with van der Waals surface area (Å²) in [6.07, 6.45) is 0.785. The number of phenols is 1. The maximum atomic E-state index is 10.5. The van der Waals surface area contributed by atoms with Crippen molar-refractivity contribution in [3.8, 4) is 5.75 Å². The molecule has 0 amide bonds. The van der Waals surface area contributed by atoms with Gasteiger partial charge in [-0.3, -0.25) is 4.79 Å². The van der Waals surface area contributed by atoms with E-state index in [1.165, 1.54) is 0 Å². The van der Waals surface area contributed by atoms with Crippen molar-refractivity contribution >= 4 is 17.7 Å². The molecule has 0 fully saturated rings. The summed E-state index contributed by atoms with van der Waals surface area (Å²) in [5.74, 6) is 0.286. The maximum absolute atomic E-state index is 10.5. The Morgan fingerprint density at radius 1 is 0.947 bits per heavy atom. The fourth-order valence-electron chi connectivity index (χ4n) is 1.73. The average Bonchev–Trinajstić information content (AvgIpc) is 2.43. The molecule has 0 aromatic heterocycles. The van der Waals surface area contributed by atoms with Gasteiger partial charge in [0.2, 0.25) is 0 Å². The van der Waals surface area contributed by atoms with E-state index in [0.717, 1.165) is 17.4 Å². The number of benzene rings is 2. The van der Waals surface area contributed by atoms with E-state index in [1.54, 1.807) is 36.4 Å². The molecule has 0 aliphatic heterocycles. The van der Waals surface area contributed by atoms with Crippen LogP contribution in [0.4, 0.5) is 11.4 Å². The number of rotatable bonds is 3. The molecule has 0 saturated heterocycles. The number of azo groups is 1. The molecule has 4 nitrogen and oxygen atoms in total. The van der Waals surface area contributed by atoms with Crippen molar-refractivity contribution in [1.29, 1.82) is 0 Å². The van der Waals surface area contributed by atoms with Crippen LogP contribution >= 0.6 is 0 Å². The van der Waals surface area contributed by atoms with Gasteiger partial charge in [-0.15, -0.1) is 0 Å². The predicted molar refractivity (Wildman–Crippen MR) is 73.6 cm³/mol. The SMILES string of the molecule is Cc1cc(N=Nc2ccc(C=O)cc2)cc(C)c1O. The molecule has 0 bridgehead atoms. The summed E-state index contributed by atoms with van der Waals surface area (Å²) in [6, 6.07) is 10.4. The van der Waals surface area contributed by atoms with Gasteiger partial charge in [-0.2, -0.15) is 10.2 Å². The third-order valence-corrected chi connectivity index (χ3v) is 2.79. The Hall–Kier alpha value is -2.49. The number of nitrogens with zero attached hydrogens (tertiary/aromatic N) is 2. The van der Waals surface area contributed by atoms with Gasteiger partial charge in [-0.25, -0.2) is 0 Å². The van der Waals surface area contributed by atoms with E-state index in [9.17, 15) is 9.90 Å². The second-order valence-corrected chi connectivity index (χ2v) is 4.34. The molecule has 0 atom stereocenters. The van der Waals surface area contributed by atoms with E-state index in [2.05, 4.69) is 10.2 Å². The van der Waals surface area contributed by atoms with Crippen LogP contribution in [0.25, 0.3) is 0 Å². The van der Waals surface area contributed by atoms with Crippen LogP contribution in [-0.4, -0.2) is 11.4 Å². The first kappa shape index (κ1) is 13.0. The lowest BCUT2D eigenvalue weighted by Gasteiger charge is -2.03. The van der Waals surface area contributed by atoms with Gasteiger partial charge in [0.25, 0.3) is 0 Å². The van der Waals surface area contributed by atoms with Crippen molar-refractivity contribution in [2.24, 2.45) is 10.2 Å². The third-order valence-electron chi connectivity index (χ3n) is 2.79. The lowest BCUT2D eigenvalue weighted by atomic mass is 10.1. The Labute approximate surface area is 111 Å². The highest BCUT2D eigenvalue weighted by molar-refractivity contribution is 5.75. The number of phenolic OH excluding ortho intramolecular Hbond substituents is 1. The van der Waals surface area contributed by atoms with Gasteiger partial charge < -0.3 is 5.11 Å². The Morgan fingerprint density at radius 3 is 2.00 bits per heavy atom. The summed E-state index contributed by atoms with van der Waals surface area (Å²) < 4.78 is 0. The van der Waals surface area contributed by atoms with Crippen molar-refractivity contribution in [3.05, 3.63) is 53.1 Å². The quantitative estimate of drug-likeness (QED) is 0.657. The van der Waals surface area contributed by atoms with E-state index >= 15 is 0 Å². The first-order valence-electron chi connectivity index (χ1n) is 5.87. The van der Waals surface area contributed by atoms with Crippen LogP contribution in [0.1, 0.15) is 21.5 Å². The second-order valence-electron chi connectivity index (χ2n) is 4.34. The van der Waals surface area contributed by atoms with E-state index in [-0.39, 0.29) is 5.75 Å². The molecular weight excluding hydrogens is 240 g/mol. The van der Waals surface area contributed by atoms with Crippen LogP contribution in [-0.2, 0) is 0 Å². The molecular formula is C15H14N2O2. The van der Waals surface area contributed by atoms with Crippen LogP contribution in [0.5, 0.6) is 5.75 Å². The first-order chi connectivity index (χ1) is 9.10. The zero-order valence-electron chi connectivity index (χ0n) is 10.8. The van der Waals surface area contributed by atoms with Crippen molar-refractivity contribution < 1.29 is 9.90 Å². The van der Waals surface area contributed by atoms with E-state index in [0.29, 0.717) is 16.9 Å². The minimum Gasteiger partial charge on any atom is -0.507 e. The van der Waals surface area contributed by atoms with E-state index in [1.807, 2.05) is 13.8 Å². The van der Waals surface area contributed by atoms with Crippen LogP contribution in [0.2, 0.25) is 0 Å². The molecule has 19 heavy (non-hydrogen) atoms. The molecule has 0 aliphatic carbocycles. The van der Waals surface area contributed by atoms with Crippen LogP contribution in [0.3, 0.4) is 0 Å². The summed E-state index contributed by atoms with van der Waals surface area (Å²) >= 11 is 0. The fraction of sp³-hybridized carbons (Fsp3) is 0.133. The lowest BCUT2D eigenvalue weighted by molar-refractivity contribution is 0.112. The highest BCUT2D eigenvalue weighted by Gasteiger charge is 2.02.